The third-order valence-corrected chi connectivity index (χ3v) is 6.49. The van der Waals surface area contributed by atoms with E-state index in [2.05, 4.69) is 24.6 Å². The first-order valence-corrected chi connectivity index (χ1v) is 11.5. The van der Waals surface area contributed by atoms with E-state index < -0.39 is 0 Å². The molecule has 1 amide bonds. The lowest BCUT2D eigenvalue weighted by Crippen LogP contribution is -2.36. The summed E-state index contributed by atoms with van der Waals surface area (Å²) in [5.41, 5.74) is 8.78. The minimum atomic E-state index is -0.147. The summed E-state index contributed by atoms with van der Waals surface area (Å²) in [7, 11) is 0. The third kappa shape index (κ3) is 3.55. The number of amides is 1. The highest BCUT2D eigenvalue weighted by molar-refractivity contribution is 6.03. The maximum Gasteiger partial charge on any atom is 0.250 e. The molecule has 2 aliphatic rings. The fourth-order valence-corrected chi connectivity index (χ4v) is 4.99. The predicted molar refractivity (Wildman–Crippen MR) is 129 cm³/mol. The Morgan fingerprint density at radius 1 is 1.27 bits per heavy atom. The van der Waals surface area contributed by atoms with Crippen LogP contribution in [-0.2, 0) is 24.1 Å². The summed E-state index contributed by atoms with van der Waals surface area (Å²) >= 11 is 0. The summed E-state index contributed by atoms with van der Waals surface area (Å²) in [4.78, 5) is 34.8. The van der Waals surface area contributed by atoms with Crippen LogP contribution in [0.4, 0.5) is 5.69 Å². The molecule has 0 bridgehead atoms. The number of nitrogens with zero attached hydrogens (tertiary/aromatic N) is 2. The molecule has 33 heavy (non-hydrogen) atoms. The van der Waals surface area contributed by atoms with Crippen molar-refractivity contribution in [3.63, 3.8) is 0 Å². The van der Waals surface area contributed by atoms with Crippen LogP contribution in [0.5, 0.6) is 5.75 Å². The Hall–Kier alpha value is -3.67. The summed E-state index contributed by atoms with van der Waals surface area (Å²) in [5.74, 6) is 0.654. The van der Waals surface area contributed by atoms with Crippen molar-refractivity contribution < 1.29 is 14.3 Å². The monoisotopic (exact) mass is 441 g/mol. The number of pyridine rings is 1. The van der Waals surface area contributed by atoms with Gasteiger partial charge in [-0.3, -0.25) is 14.6 Å². The highest BCUT2D eigenvalue weighted by Gasteiger charge is 2.27. The number of ether oxygens (including phenoxy) is 1. The van der Waals surface area contributed by atoms with Crippen LogP contribution < -0.4 is 9.64 Å². The van der Waals surface area contributed by atoms with E-state index in [1.54, 1.807) is 11.8 Å². The van der Waals surface area contributed by atoms with Crippen LogP contribution in [0.25, 0.3) is 22.5 Å². The average Bonchev–Trinajstić information content (AvgIpc) is 3.21. The maximum atomic E-state index is 12.4. The van der Waals surface area contributed by atoms with Crippen LogP contribution >= 0.6 is 0 Å². The molecule has 6 nitrogen and oxygen atoms in total. The topological polar surface area (TPSA) is 75.3 Å². The number of fused-ring (bicyclic) bond motifs is 4. The Morgan fingerprint density at radius 3 is 2.88 bits per heavy atom. The number of rotatable bonds is 5. The van der Waals surface area contributed by atoms with Crippen molar-refractivity contribution >= 4 is 17.4 Å². The molecule has 5 rings (SSSR count). The van der Waals surface area contributed by atoms with Gasteiger partial charge >= 0.3 is 0 Å². The second-order valence-electron chi connectivity index (χ2n) is 8.59. The molecule has 0 radical (unpaired) electrons. The van der Waals surface area contributed by atoms with Gasteiger partial charge in [-0.1, -0.05) is 19.9 Å². The number of Topliss-reactive ketones (excluding diaryl/α,β-unsaturated/α-hetero) is 1. The van der Waals surface area contributed by atoms with Gasteiger partial charge in [0.25, 0.3) is 5.91 Å². The van der Waals surface area contributed by atoms with Gasteiger partial charge in [0.15, 0.2) is 5.78 Å². The molecule has 6 heteroatoms. The molecule has 168 valence electrons. The van der Waals surface area contributed by atoms with Gasteiger partial charge in [-0.25, -0.2) is 0 Å². The number of H-pyrrole nitrogens is 1. The highest BCUT2D eigenvalue weighted by Crippen LogP contribution is 2.40. The fourth-order valence-electron chi connectivity index (χ4n) is 4.99. The highest BCUT2D eigenvalue weighted by atomic mass is 16.5. The standard InChI is InChI=1S/C27H27N3O3/c1-4-6-21-26(16(3)31)19-9-7-18-15-28-22(14-20(18)27(19)29-21)17-8-10-24-23(13-17)30(11-12-33-24)25(32)5-2/h5,8,10,13-15,29H,2,4,6-7,9,11-12H2,1,3H3. The Labute approximate surface area is 193 Å². The largest absolute Gasteiger partial charge is 0.490 e. The summed E-state index contributed by atoms with van der Waals surface area (Å²) in [5, 5.41) is 0. The van der Waals surface area contributed by atoms with Crippen LogP contribution in [0.3, 0.4) is 0 Å². The van der Waals surface area contributed by atoms with Crippen molar-refractivity contribution in [1.82, 2.24) is 9.97 Å². The van der Waals surface area contributed by atoms with Crippen LogP contribution in [-0.4, -0.2) is 34.8 Å². The molecule has 0 spiro atoms. The molecule has 0 unspecified atom stereocenters. The number of nitrogens with one attached hydrogen (secondary N) is 1. The smallest absolute Gasteiger partial charge is 0.250 e. The number of hydrogen-bond acceptors (Lipinski definition) is 4. The second-order valence-corrected chi connectivity index (χ2v) is 8.59. The van der Waals surface area contributed by atoms with Crippen LogP contribution in [0.2, 0.25) is 0 Å². The first-order valence-electron chi connectivity index (χ1n) is 11.5. The SMILES string of the molecule is C=CC(=O)N1CCOc2ccc(-c3cc4c(cn3)CCc3c-4[nH]c(CCC)c3C(C)=O)cc21. The minimum absolute atomic E-state index is 0.121. The van der Waals surface area contributed by atoms with Crippen molar-refractivity contribution in [2.75, 3.05) is 18.1 Å². The van der Waals surface area contributed by atoms with Gasteiger partial charge in [0.05, 0.1) is 17.9 Å². The molecule has 3 aromatic rings. The molecule has 3 heterocycles. The zero-order valence-electron chi connectivity index (χ0n) is 19.0. The van der Waals surface area contributed by atoms with Crippen molar-refractivity contribution in [1.29, 1.82) is 0 Å². The normalized spacial score (nSPS) is 14.1. The van der Waals surface area contributed by atoms with Gasteiger partial charge in [-0.2, -0.15) is 0 Å². The summed E-state index contributed by atoms with van der Waals surface area (Å²) in [6.07, 6.45) is 6.79. The molecule has 1 aliphatic heterocycles. The number of aromatic nitrogens is 2. The molecule has 1 aromatic carbocycles. The number of aryl methyl sites for hydroxylation is 2. The number of hydrogen-bond donors (Lipinski definition) is 1. The molecule has 1 aliphatic carbocycles. The minimum Gasteiger partial charge on any atom is -0.490 e. The molecule has 0 atom stereocenters. The summed E-state index contributed by atoms with van der Waals surface area (Å²) < 4.78 is 5.75. The Bertz CT molecular complexity index is 1290. The molecule has 2 aromatic heterocycles. The average molecular weight is 442 g/mol. The van der Waals surface area contributed by atoms with E-state index in [1.165, 1.54) is 11.6 Å². The Morgan fingerprint density at radius 2 is 2.12 bits per heavy atom. The quantitative estimate of drug-likeness (QED) is 0.451. The van der Waals surface area contributed by atoms with E-state index in [-0.39, 0.29) is 11.7 Å². The van der Waals surface area contributed by atoms with Crippen molar-refractivity contribution in [2.24, 2.45) is 0 Å². The number of anilines is 1. The lowest BCUT2D eigenvalue weighted by Gasteiger charge is -2.29. The number of aromatic amines is 1. The van der Waals surface area contributed by atoms with Gasteiger partial charge < -0.3 is 14.6 Å². The van der Waals surface area contributed by atoms with E-state index in [9.17, 15) is 9.59 Å². The number of ketones is 1. The first kappa shape index (κ1) is 21.2. The van der Waals surface area contributed by atoms with Gasteiger partial charge in [0.2, 0.25) is 0 Å². The van der Waals surface area contributed by atoms with Gasteiger partial charge in [0, 0.05) is 34.3 Å². The van der Waals surface area contributed by atoms with Gasteiger partial charge in [0.1, 0.15) is 12.4 Å². The van der Waals surface area contributed by atoms with Crippen LogP contribution in [0.1, 0.15) is 47.4 Å². The number of carbonyl (C=O) groups is 2. The van der Waals surface area contributed by atoms with E-state index in [0.29, 0.717) is 18.9 Å². The van der Waals surface area contributed by atoms with E-state index in [0.717, 1.165) is 70.7 Å². The number of benzene rings is 1. The zero-order valence-corrected chi connectivity index (χ0v) is 19.0. The van der Waals surface area contributed by atoms with E-state index >= 15 is 0 Å². The van der Waals surface area contributed by atoms with Crippen LogP contribution in [0.15, 0.2) is 43.1 Å². The predicted octanol–water partition coefficient (Wildman–Crippen LogP) is 4.91. The van der Waals surface area contributed by atoms with E-state index in [4.69, 9.17) is 9.72 Å². The third-order valence-electron chi connectivity index (χ3n) is 6.49. The zero-order chi connectivity index (χ0) is 23.1. The maximum absolute atomic E-state index is 12.4. The van der Waals surface area contributed by atoms with Crippen molar-refractivity contribution in [3.05, 3.63) is 65.5 Å². The first-order chi connectivity index (χ1) is 16.0. The number of carbonyl (C=O) groups excluding carboxylic acids is 2. The molecule has 0 saturated carbocycles. The summed E-state index contributed by atoms with van der Waals surface area (Å²) in [6.45, 7) is 8.34. The Kier molecular flexibility index (Phi) is 5.36. The van der Waals surface area contributed by atoms with Crippen LogP contribution in [0, 0.1) is 0 Å². The Balaban J connectivity index is 1.60. The van der Waals surface area contributed by atoms with Gasteiger partial charge in [-0.15, -0.1) is 0 Å². The van der Waals surface area contributed by atoms with E-state index in [1.807, 2.05) is 24.4 Å². The molecule has 0 saturated heterocycles. The lowest BCUT2D eigenvalue weighted by atomic mass is 9.87. The lowest BCUT2D eigenvalue weighted by molar-refractivity contribution is -0.114. The fraction of sp³-hybridized carbons (Fsp3) is 0.296. The molecule has 0 fully saturated rings. The van der Waals surface area contributed by atoms with Crippen molar-refractivity contribution in [3.8, 4) is 28.3 Å². The van der Waals surface area contributed by atoms with Gasteiger partial charge in [-0.05, 0) is 67.7 Å². The van der Waals surface area contributed by atoms with Crippen molar-refractivity contribution in [2.45, 2.75) is 39.5 Å². The molecular weight excluding hydrogens is 414 g/mol. The molecule has 1 N–H and O–H groups in total. The second kappa shape index (κ2) is 8.35. The molecular formula is C27H27N3O3. The summed E-state index contributed by atoms with van der Waals surface area (Å²) in [6, 6.07) is 7.90.